The van der Waals surface area contributed by atoms with Crippen molar-refractivity contribution in [2.45, 2.75) is 26.9 Å². The SMILES string of the molecule is C=CN1CCOc2cc(OC(C(C)=O)C(C)C)ccc2C1=NC. The summed E-state index contributed by atoms with van der Waals surface area (Å²) in [6.07, 6.45) is 1.29. The van der Waals surface area contributed by atoms with Crippen LogP contribution in [0.5, 0.6) is 11.5 Å². The predicted molar refractivity (Wildman–Crippen MR) is 91.2 cm³/mol. The molecule has 5 nitrogen and oxygen atoms in total. The lowest BCUT2D eigenvalue weighted by Gasteiger charge is -2.21. The molecule has 0 N–H and O–H groups in total. The van der Waals surface area contributed by atoms with Crippen LogP contribution in [-0.2, 0) is 4.79 Å². The van der Waals surface area contributed by atoms with Gasteiger partial charge in [0.15, 0.2) is 11.9 Å². The van der Waals surface area contributed by atoms with Crippen molar-refractivity contribution in [2.75, 3.05) is 20.2 Å². The first-order chi connectivity index (χ1) is 11.0. The van der Waals surface area contributed by atoms with E-state index in [2.05, 4.69) is 11.6 Å². The summed E-state index contributed by atoms with van der Waals surface area (Å²) in [5, 5.41) is 0. The Labute approximate surface area is 137 Å². The molecule has 2 rings (SSSR count). The fraction of sp³-hybridized carbons (Fsp3) is 0.444. The number of fused-ring (bicyclic) bond motifs is 1. The predicted octanol–water partition coefficient (Wildman–Crippen LogP) is 2.89. The van der Waals surface area contributed by atoms with Crippen molar-refractivity contribution in [3.63, 3.8) is 0 Å². The van der Waals surface area contributed by atoms with Gasteiger partial charge in [0.1, 0.15) is 23.9 Å². The number of ketones is 1. The highest BCUT2D eigenvalue weighted by molar-refractivity contribution is 6.02. The molecule has 1 atom stereocenters. The second kappa shape index (κ2) is 7.31. The van der Waals surface area contributed by atoms with E-state index in [1.54, 1.807) is 20.2 Å². The van der Waals surface area contributed by atoms with Crippen LogP contribution in [0.25, 0.3) is 0 Å². The summed E-state index contributed by atoms with van der Waals surface area (Å²) in [6, 6.07) is 5.58. The van der Waals surface area contributed by atoms with Gasteiger partial charge in [0, 0.05) is 13.1 Å². The Morgan fingerprint density at radius 3 is 2.78 bits per heavy atom. The number of nitrogens with zero attached hydrogens (tertiary/aromatic N) is 2. The van der Waals surface area contributed by atoms with E-state index in [9.17, 15) is 4.79 Å². The van der Waals surface area contributed by atoms with Gasteiger partial charge < -0.3 is 14.4 Å². The summed E-state index contributed by atoms with van der Waals surface area (Å²) >= 11 is 0. The number of carbonyl (C=O) groups excluding carboxylic acids is 1. The minimum absolute atomic E-state index is 0.0181. The molecule has 1 aliphatic rings. The van der Waals surface area contributed by atoms with Crippen LogP contribution in [0.1, 0.15) is 26.3 Å². The van der Waals surface area contributed by atoms with Gasteiger partial charge in [-0.2, -0.15) is 0 Å². The van der Waals surface area contributed by atoms with E-state index in [0.717, 1.165) is 11.4 Å². The highest BCUT2D eigenvalue weighted by atomic mass is 16.5. The smallest absolute Gasteiger partial charge is 0.170 e. The van der Waals surface area contributed by atoms with Crippen molar-refractivity contribution in [2.24, 2.45) is 10.9 Å². The molecule has 124 valence electrons. The first-order valence-electron chi connectivity index (χ1n) is 7.78. The van der Waals surface area contributed by atoms with Crippen molar-refractivity contribution in [1.29, 1.82) is 0 Å². The molecule has 0 bridgehead atoms. The Morgan fingerprint density at radius 2 is 2.22 bits per heavy atom. The Bertz CT molecular complexity index is 623. The molecular formula is C18H24N2O3. The Morgan fingerprint density at radius 1 is 1.48 bits per heavy atom. The van der Waals surface area contributed by atoms with Crippen LogP contribution in [0.2, 0.25) is 0 Å². The summed E-state index contributed by atoms with van der Waals surface area (Å²) in [6.45, 7) is 10.5. The van der Waals surface area contributed by atoms with E-state index < -0.39 is 6.10 Å². The first-order valence-corrected chi connectivity index (χ1v) is 7.78. The zero-order valence-electron chi connectivity index (χ0n) is 14.2. The maximum absolute atomic E-state index is 11.7. The van der Waals surface area contributed by atoms with Gasteiger partial charge in [0.05, 0.1) is 12.1 Å². The highest BCUT2D eigenvalue weighted by Gasteiger charge is 2.23. The van der Waals surface area contributed by atoms with Gasteiger partial charge in [-0.3, -0.25) is 9.79 Å². The number of benzene rings is 1. The molecule has 0 spiro atoms. The van der Waals surface area contributed by atoms with Crippen molar-refractivity contribution >= 4 is 11.6 Å². The van der Waals surface area contributed by atoms with Crippen molar-refractivity contribution < 1.29 is 14.3 Å². The third-order valence-corrected chi connectivity index (χ3v) is 3.76. The molecule has 0 amide bonds. The molecule has 1 aliphatic heterocycles. The molecule has 0 fully saturated rings. The second-order valence-corrected chi connectivity index (χ2v) is 5.82. The monoisotopic (exact) mass is 316 g/mol. The van der Waals surface area contributed by atoms with E-state index in [1.807, 2.05) is 36.9 Å². The van der Waals surface area contributed by atoms with Gasteiger partial charge in [-0.05, 0) is 31.2 Å². The van der Waals surface area contributed by atoms with Crippen LogP contribution in [0.3, 0.4) is 0 Å². The number of hydrogen-bond acceptors (Lipinski definition) is 4. The quantitative estimate of drug-likeness (QED) is 0.838. The van der Waals surface area contributed by atoms with Gasteiger partial charge >= 0.3 is 0 Å². The summed E-state index contributed by atoms with van der Waals surface area (Å²) in [5.74, 6) is 2.27. The molecule has 0 saturated heterocycles. The normalized spacial score (nSPS) is 17.3. The van der Waals surface area contributed by atoms with Crippen LogP contribution in [0, 0.1) is 5.92 Å². The maximum Gasteiger partial charge on any atom is 0.170 e. The van der Waals surface area contributed by atoms with Crippen LogP contribution in [-0.4, -0.2) is 42.8 Å². The molecule has 0 saturated carbocycles. The van der Waals surface area contributed by atoms with Crippen molar-refractivity contribution in [3.8, 4) is 11.5 Å². The van der Waals surface area contributed by atoms with Gasteiger partial charge in [-0.15, -0.1) is 0 Å². The lowest BCUT2D eigenvalue weighted by molar-refractivity contribution is -0.125. The lowest BCUT2D eigenvalue weighted by Crippen LogP contribution is -2.30. The number of aliphatic imine (C=N–C) groups is 1. The summed E-state index contributed by atoms with van der Waals surface area (Å²) < 4.78 is 11.7. The number of hydrogen-bond donors (Lipinski definition) is 0. The summed E-state index contributed by atoms with van der Waals surface area (Å²) in [5.41, 5.74) is 0.890. The van der Waals surface area contributed by atoms with Gasteiger partial charge in [0.2, 0.25) is 0 Å². The fourth-order valence-electron chi connectivity index (χ4n) is 2.66. The summed E-state index contributed by atoms with van der Waals surface area (Å²) in [4.78, 5) is 18.0. The molecule has 0 aliphatic carbocycles. The number of ether oxygens (including phenoxy) is 2. The number of Topliss-reactive ketones (excluding diaryl/α,β-unsaturated/α-hetero) is 1. The van der Waals surface area contributed by atoms with E-state index in [-0.39, 0.29) is 11.7 Å². The average Bonchev–Trinajstić information content (AvgIpc) is 2.69. The zero-order valence-corrected chi connectivity index (χ0v) is 14.2. The average molecular weight is 316 g/mol. The highest BCUT2D eigenvalue weighted by Crippen LogP contribution is 2.29. The molecule has 0 aromatic heterocycles. The molecule has 1 unspecified atom stereocenters. The molecular weight excluding hydrogens is 292 g/mol. The van der Waals surface area contributed by atoms with E-state index in [4.69, 9.17) is 9.47 Å². The second-order valence-electron chi connectivity index (χ2n) is 5.82. The van der Waals surface area contributed by atoms with E-state index in [0.29, 0.717) is 24.7 Å². The van der Waals surface area contributed by atoms with Crippen molar-refractivity contribution in [3.05, 3.63) is 36.5 Å². The molecule has 1 heterocycles. The van der Waals surface area contributed by atoms with Gasteiger partial charge in [-0.1, -0.05) is 20.4 Å². The standard InChI is InChI=1S/C18H24N2O3/c1-6-20-9-10-22-16-11-14(7-8-15(16)18(20)19-5)23-17(12(2)3)13(4)21/h6-8,11-12,17H,1,9-10H2,2-5H3. The topological polar surface area (TPSA) is 51.1 Å². The van der Waals surface area contributed by atoms with Crippen LogP contribution in [0.15, 0.2) is 36.0 Å². The van der Waals surface area contributed by atoms with Crippen LogP contribution < -0.4 is 9.47 Å². The number of amidine groups is 1. The van der Waals surface area contributed by atoms with E-state index >= 15 is 0 Å². The molecule has 23 heavy (non-hydrogen) atoms. The summed E-state index contributed by atoms with van der Waals surface area (Å²) in [7, 11) is 1.75. The molecule has 0 radical (unpaired) electrons. The Hall–Kier alpha value is -2.30. The molecule has 1 aromatic rings. The third-order valence-electron chi connectivity index (χ3n) is 3.76. The Balaban J connectivity index is 2.34. The van der Waals surface area contributed by atoms with E-state index in [1.165, 1.54) is 0 Å². The fourth-order valence-corrected chi connectivity index (χ4v) is 2.66. The van der Waals surface area contributed by atoms with Crippen LogP contribution in [0.4, 0.5) is 0 Å². The molecule has 5 heteroatoms. The third kappa shape index (κ3) is 3.73. The Kier molecular flexibility index (Phi) is 5.42. The number of carbonyl (C=O) groups is 1. The lowest BCUT2D eigenvalue weighted by atomic mass is 10.0. The minimum Gasteiger partial charge on any atom is -0.491 e. The largest absolute Gasteiger partial charge is 0.491 e. The zero-order chi connectivity index (χ0) is 17.0. The first kappa shape index (κ1) is 17.1. The minimum atomic E-state index is -0.456. The number of rotatable bonds is 5. The maximum atomic E-state index is 11.7. The van der Waals surface area contributed by atoms with Crippen molar-refractivity contribution in [1.82, 2.24) is 4.90 Å². The molecule has 1 aromatic carbocycles. The van der Waals surface area contributed by atoms with Gasteiger partial charge in [-0.25, -0.2) is 0 Å². The van der Waals surface area contributed by atoms with Crippen LogP contribution >= 0.6 is 0 Å². The van der Waals surface area contributed by atoms with Gasteiger partial charge in [0.25, 0.3) is 0 Å².